The van der Waals surface area contributed by atoms with Crippen LogP contribution in [0.15, 0.2) is 12.5 Å². The SMILES string of the molecule is CCC(=O)NCCNC(=O)CCc1cnc[nH]1. The lowest BCUT2D eigenvalue weighted by atomic mass is 10.2. The Morgan fingerprint density at radius 3 is 2.59 bits per heavy atom. The predicted molar refractivity (Wildman–Crippen MR) is 63.2 cm³/mol. The molecule has 0 spiro atoms. The van der Waals surface area contributed by atoms with Gasteiger partial charge < -0.3 is 15.6 Å². The summed E-state index contributed by atoms with van der Waals surface area (Å²) >= 11 is 0. The van der Waals surface area contributed by atoms with Crippen LogP contribution in [0.25, 0.3) is 0 Å². The smallest absolute Gasteiger partial charge is 0.220 e. The van der Waals surface area contributed by atoms with E-state index in [9.17, 15) is 9.59 Å². The highest BCUT2D eigenvalue weighted by Gasteiger charge is 2.02. The first-order valence-corrected chi connectivity index (χ1v) is 5.73. The van der Waals surface area contributed by atoms with Crippen molar-refractivity contribution >= 4 is 11.8 Å². The Labute approximate surface area is 100 Å². The molecule has 0 bridgehead atoms. The van der Waals surface area contributed by atoms with Crippen LogP contribution in [-0.4, -0.2) is 34.9 Å². The normalized spacial score (nSPS) is 9.94. The summed E-state index contributed by atoms with van der Waals surface area (Å²) in [7, 11) is 0. The number of imidazole rings is 1. The molecule has 6 heteroatoms. The van der Waals surface area contributed by atoms with E-state index in [2.05, 4.69) is 20.6 Å². The second-order valence-electron chi connectivity index (χ2n) is 3.63. The minimum absolute atomic E-state index is 0.00305. The maximum absolute atomic E-state index is 11.4. The summed E-state index contributed by atoms with van der Waals surface area (Å²) in [5.41, 5.74) is 0.944. The summed E-state index contributed by atoms with van der Waals surface area (Å²) in [5, 5.41) is 5.42. The third-order valence-corrected chi connectivity index (χ3v) is 2.27. The van der Waals surface area contributed by atoms with Crippen LogP contribution in [0.2, 0.25) is 0 Å². The topological polar surface area (TPSA) is 86.9 Å². The van der Waals surface area contributed by atoms with Gasteiger partial charge in [0.2, 0.25) is 11.8 Å². The van der Waals surface area contributed by atoms with Gasteiger partial charge >= 0.3 is 0 Å². The van der Waals surface area contributed by atoms with Crippen LogP contribution in [0.1, 0.15) is 25.5 Å². The number of hydrogen-bond donors (Lipinski definition) is 3. The Hall–Kier alpha value is -1.85. The average molecular weight is 238 g/mol. The van der Waals surface area contributed by atoms with Gasteiger partial charge in [-0.15, -0.1) is 0 Å². The van der Waals surface area contributed by atoms with Crippen molar-refractivity contribution in [2.24, 2.45) is 0 Å². The number of amides is 2. The van der Waals surface area contributed by atoms with E-state index in [0.717, 1.165) is 5.69 Å². The first-order chi connectivity index (χ1) is 8.22. The molecule has 1 heterocycles. The van der Waals surface area contributed by atoms with E-state index < -0.39 is 0 Å². The molecular weight excluding hydrogens is 220 g/mol. The number of carbonyl (C=O) groups is 2. The molecule has 17 heavy (non-hydrogen) atoms. The first-order valence-electron chi connectivity index (χ1n) is 5.73. The van der Waals surface area contributed by atoms with Crippen molar-refractivity contribution in [3.63, 3.8) is 0 Å². The third-order valence-electron chi connectivity index (χ3n) is 2.27. The number of aromatic nitrogens is 2. The fraction of sp³-hybridized carbons (Fsp3) is 0.545. The van der Waals surface area contributed by atoms with Crippen molar-refractivity contribution < 1.29 is 9.59 Å². The van der Waals surface area contributed by atoms with E-state index in [0.29, 0.717) is 32.4 Å². The molecular formula is C11H18N4O2. The Morgan fingerprint density at radius 1 is 1.29 bits per heavy atom. The average Bonchev–Trinajstić information content (AvgIpc) is 2.84. The largest absolute Gasteiger partial charge is 0.354 e. The van der Waals surface area contributed by atoms with Crippen molar-refractivity contribution in [3.8, 4) is 0 Å². The summed E-state index contributed by atoms with van der Waals surface area (Å²) in [4.78, 5) is 29.1. The van der Waals surface area contributed by atoms with Crippen molar-refractivity contribution in [3.05, 3.63) is 18.2 Å². The Balaban J connectivity index is 2.03. The molecule has 0 fully saturated rings. The minimum atomic E-state index is -0.0228. The summed E-state index contributed by atoms with van der Waals surface area (Å²) in [5.74, 6) is -0.0259. The van der Waals surface area contributed by atoms with Gasteiger partial charge in [0, 0.05) is 37.8 Å². The minimum Gasteiger partial charge on any atom is -0.354 e. The van der Waals surface area contributed by atoms with E-state index in [4.69, 9.17) is 0 Å². The number of H-pyrrole nitrogens is 1. The van der Waals surface area contributed by atoms with Crippen LogP contribution in [0.4, 0.5) is 0 Å². The van der Waals surface area contributed by atoms with Crippen LogP contribution in [0.5, 0.6) is 0 Å². The van der Waals surface area contributed by atoms with Gasteiger partial charge in [-0.2, -0.15) is 0 Å². The molecule has 1 rings (SSSR count). The van der Waals surface area contributed by atoms with E-state index in [1.807, 2.05) is 0 Å². The zero-order chi connectivity index (χ0) is 12.5. The van der Waals surface area contributed by atoms with E-state index in [1.54, 1.807) is 19.4 Å². The van der Waals surface area contributed by atoms with Crippen molar-refractivity contribution in [1.29, 1.82) is 0 Å². The zero-order valence-electron chi connectivity index (χ0n) is 9.95. The maximum atomic E-state index is 11.4. The highest BCUT2D eigenvalue weighted by atomic mass is 16.2. The number of aryl methyl sites for hydroxylation is 1. The van der Waals surface area contributed by atoms with Gasteiger partial charge in [0.15, 0.2) is 0 Å². The molecule has 0 saturated carbocycles. The molecule has 0 aliphatic rings. The molecule has 0 aliphatic carbocycles. The molecule has 1 aromatic rings. The number of nitrogens with zero attached hydrogens (tertiary/aromatic N) is 1. The Kier molecular flexibility index (Phi) is 5.77. The summed E-state index contributed by atoms with van der Waals surface area (Å²) in [6.07, 6.45) is 4.83. The standard InChI is InChI=1S/C11H18N4O2/c1-2-10(16)13-5-6-14-11(17)4-3-9-7-12-8-15-9/h7-8H,2-6H2,1H3,(H,12,15)(H,13,16)(H,14,17). The van der Waals surface area contributed by atoms with Gasteiger partial charge in [0.05, 0.1) is 6.33 Å². The lowest BCUT2D eigenvalue weighted by Gasteiger charge is -2.05. The fourth-order valence-electron chi connectivity index (χ4n) is 1.29. The molecule has 3 N–H and O–H groups in total. The molecule has 0 aliphatic heterocycles. The molecule has 2 amide bonds. The number of aromatic amines is 1. The number of carbonyl (C=O) groups excluding carboxylic acids is 2. The fourth-order valence-corrected chi connectivity index (χ4v) is 1.29. The zero-order valence-corrected chi connectivity index (χ0v) is 9.95. The second kappa shape index (κ2) is 7.43. The van der Waals surface area contributed by atoms with Crippen LogP contribution in [-0.2, 0) is 16.0 Å². The quantitative estimate of drug-likeness (QED) is 0.584. The van der Waals surface area contributed by atoms with Gasteiger partial charge in [-0.05, 0) is 6.42 Å². The van der Waals surface area contributed by atoms with Crippen molar-refractivity contribution in [1.82, 2.24) is 20.6 Å². The van der Waals surface area contributed by atoms with Crippen LogP contribution < -0.4 is 10.6 Å². The van der Waals surface area contributed by atoms with Gasteiger partial charge in [-0.25, -0.2) is 4.98 Å². The summed E-state index contributed by atoms with van der Waals surface area (Å²) in [6.45, 7) is 2.73. The van der Waals surface area contributed by atoms with E-state index >= 15 is 0 Å². The van der Waals surface area contributed by atoms with Crippen LogP contribution >= 0.6 is 0 Å². The van der Waals surface area contributed by atoms with Gasteiger partial charge in [-0.1, -0.05) is 6.92 Å². The molecule has 0 atom stereocenters. The predicted octanol–water partition coefficient (Wildman–Crippen LogP) is -0.0153. The van der Waals surface area contributed by atoms with E-state index in [-0.39, 0.29) is 11.8 Å². The van der Waals surface area contributed by atoms with Crippen molar-refractivity contribution in [2.45, 2.75) is 26.2 Å². The first kappa shape index (κ1) is 13.2. The Morgan fingerprint density at radius 2 is 2.00 bits per heavy atom. The number of hydrogen-bond acceptors (Lipinski definition) is 3. The van der Waals surface area contributed by atoms with Gasteiger partial charge in [0.25, 0.3) is 0 Å². The molecule has 0 unspecified atom stereocenters. The van der Waals surface area contributed by atoms with Crippen LogP contribution in [0, 0.1) is 0 Å². The molecule has 0 aromatic carbocycles. The van der Waals surface area contributed by atoms with Crippen LogP contribution in [0.3, 0.4) is 0 Å². The lowest BCUT2D eigenvalue weighted by molar-refractivity contribution is -0.122. The molecule has 6 nitrogen and oxygen atoms in total. The Bertz CT molecular complexity index is 348. The summed E-state index contributed by atoms with van der Waals surface area (Å²) in [6, 6.07) is 0. The highest BCUT2D eigenvalue weighted by Crippen LogP contribution is 1.96. The van der Waals surface area contributed by atoms with E-state index in [1.165, 1.54) is 0 Å². The van der Waals surface area contributed by atoms with Crippen molar-refractivity contribution in [2.75, 3.05) is 13.1 Å². The highest BCUT2D eigenvalue weighted by molar-refractivity contribution is 5.77. The number of nitrogens with one attached hydrogen (secondary N) is 3. The number of rotatable bonds is 7. The molecule has 0 radical (unpaired) electrons. The maximum Gasteiger partial charge on any atom is 0.220 e. The van der Waals surface area contributed by atoms with Gasteiger partial charge in [0.1, 0.15) is 0 Å². The second-order valence-corrected chi connectivity index (χ2v) is 3.63. The van der Waals surface area contributed by atoms with Gasteiger partial charge in [-0.3, -0.25) is 9.59 Å². The monoisotopic (exact) mass is 238 g/mol. The third kappa shape index (κ3) is 5.70. The summed E-state index contributed by atoms with van der Waals surface area (Å²) < 4.78 is 0. The molecule has 0 saturated heterocycles. The molecule has 1 aromatic heterocycles. The molecule has 94 valence electrons. The lowest BCUT2D eigenvalue weighted by Crippen LogP contribution is -2.34.